The van der Waals surface area contributed by atoms with Crippen LogP contribution < -0.4 is 5.32 Å². The standard InChI is InChI=1S/C13H16FN3O4/c1-7-5-9(17(20)21)6-10(11(7)14)12(18)15-8(2)13(19)16(3)4/h5-6,8H,1-4H3,(H,15,18). The van der Waals surface area contributed by atoms with E-state index in [1.165, 1.54) is 32.8 Å². The summed E-state index contributed by atoms with van der Waals surface area (Å²) in [7, 11) is 3.03. The molecule has 0 aliphatic heterocycles. The Morgan fingerprint density at radius 1 is 1.38 bits per heavy atom. The Kier molecular flexibility index (Phi) is 4.96. The summed E-state index contributed by atoms with van der Waals surface area (Å²) in [6.45, 7) is 2.77. The Morgan fingerprint density at radius 2 is 1.95 bits per heavy atom. The maximum absolute atomic E-state index is 13.9. The summed E-state index contributed by atoms with van der Waals surface area (Å²) in [4.78, 5) is 34.9. The van der Waals surface area contributed by atoms with Crippen molar-refractivity contribution in [1.29, 1.82) is 0 Å². The number of halogens is 1. The number of nitrogens with zero attached hydrogens (tertiary/aromatic N) is 2. The average Bonchev–Trinajstić information content (AvgIpc) is 2.39. The number of carbonyl (C=O) groups is 2. The third-order valence-corrected chi connectivity index (χ3v) is 2.85. The van der Waals surface area contributed by atoms with Gasteiger partial charge in [0.15, 0.2) is 0 Å². The van der Waals surface area contributed by atoms with E-state index in [1.54, 1.807) is 0 Å². The molecular formula is C13H16FN3O4. The number of non-ortho nitro benzene ring substituents is 1. The number of amides is 2. The van der Waals surface area contributed by atoms with Crippen molar-refractivity contribution in [2.75, 3.05) is 14.1 Å². The van der Waals surface area contributed by atoms with Gasteiger partial charge in [0.25, 0.3) is 11.6 Å². The maximum Gasteiger partial charge on any atom is 0.270 e. The van der Waals surface area contributed by atoms with Crippen LogP contribution in [0.15, 0.2) is 12.1 Å². The molecule has 114 valence electrons. The van der Waals surface area contributed by atoms with Gasteiger partial charge >= 0.3 is 0 Å². The highest BCUT2D eigenvalue weighted by molar-refractivity contribution is 5.98. The van der Waals surface area contributed by atoms with Crippen molar-refractivity contribution in [1.82, 2.24) is 10.2 Å². The number of benzene rings is 1. The van der Waals surface area contributed by atoms with Crippen LogP contribution in [0.3, 0.4) is 0 Å². The van der Waals surface area contributed by atoms with Crippen molar-refractivity contribution in [2.24, 2.45) is 0 Å². The first kappa shape index (κ1) is 16.5. The highest BCUT2D eigenvalue weighted by Crippen LogP contribution is 2.21. The number of hydrogen-bond acceptors (Lipinski definition) is 4. The second kappa shape index (κ2) is 6.29. The van der Waals surface area contributed by atoms with Gasteiger partial charge in [0.1, 0.15) is 11.9 Å². The van der Waals surface area contributed by atoms with Crippen LogP contribution in [0.25, 0.3) is 0 Å². The van der Waals surface area contributed by atoms with E-state index >= 15 is 0 Å². The van der Waals surface area contributed by atoms with Gasteiger partial charge in [-0.05, 0) is 19.4 Å². The van der Waals surface area contributed by atoms with Crippen LogP contribution in [-0.2, 0) is 4.79 Å². The minimum atomic E-state index is -0.873. The van der Waals surface area contributed by atoms with Crippen LogP contribution in [0.1, 0.15) is 22.8 Å². The summed E-state index contributed by atoms with van der Waals surface area (Å²) >= 11 is 0. The van der Waals surface area contributed by atoms with E-state index in [0.29, 0.717) is 0 Å². The van der Waals surface area contributed by atoms with Gasteiger partial charge in [-0.15, -0.1) is 0 Å². The quantitative estimate of drug-likeness (QED) is 0.668. The molecule has 1 rings (SSSR count). The zero-order chi connectivity index (χ0) is 16.3. The molecule has 0 aliphatic rings. The van der Waals surface area contributed by atoms with Gasteiger partial charge in [-0.1, -0.05) is 0 Å². The van der Waals surface area contributed by atoms with Crippen molar-refractivity contribution in [2.45, 2.75) is 19.9 Å². The van der Waals surface area contributed by atoms with Crippen LogP contribution in [0.4, 0.5) is 10.1 Å². The molecule has 7 nitrogen and oxygen atoms in total. The smallest absolute Gasteiger partial charge is 0.270 e. The van der Waals surface area contributed by atoms with E-state index in [9.17, 15) is 24.1 Å². The molecule has 0 aliphatic carbocycles. The Hall–Kier alpha value is -2.51. The molecule has 1 atom stereocenters. The molecule has 0 saturated carbocycles. The number of rotatable bonds is 4. The van der Waals surface area contributed by atoms with E-state index in [2.05, 4.69) is 5.32 Å². The molecule has 8 heteroatoms. The molecule has 0 saturated heterocycles. The number of nitro benzene ring substituents is 1. The molecule has 21 heavy (non-hydrogen) atoms. The second-order valence-electron chi connectivity index (χ2n) is 4.81. The SMILES string of the molecule is Cc1cc([N+](=O)[O-])cc(C(=O)NC(C)C(=O)N(C)C)c1F. The summed E-state index contributed by atoms with van der Waals surface area (Å²) < 4.78 is 13.9. The van der Waals surface area contributed by atoms with Crippen molar-refractivity contribution in [3.63, 3.8) is 0 Å². The predicted molar refractivity (Wildman–Crippen MR) is 73.4 cm³/mol. The minimum absolute atomic E-state index is 0.0130. The van der Waals surface area contributed by atoms with Gasteiger partial charge in [0, 0.05) is 26.2 Å². The van der Waals surface area contributed by atoms with Gasteiger partial charge in [0.05, 0.1) is 10.5 Å². The average molecular weight is 297 g/mol. The topological polar surface area (TPSA) is 92.5 Å². The lowest BCUT2D eigenvalue weighted by Gasteiger charge is -2.18. The largest absolute Gasteiger partial charge is 0.347 e. The van der Waals surface area contributed by atoms with Gasteiger partial charge in [-0.3, -0.25) is 19.7 Å². The second-order valence-corrected chi connectivity index (χ2v) is 4.81. The lowest BCUT2D eigenvalue weighted by Crippen LogP contribution is -2.44. The molecule has 0 bridgehead atoms. The Morgan fingerprint density at radius 3 is 2.43 bits per heavy atom. The molecule has 1 aromatic rings. The molecule has 0 radical (unpaired) electrons. The van der Waals surface area contributed by atoms with E-state index in [0.717, 1.165) is 12.1 Å². The van der Waals surface area contributed by atoms with Crippen molar-refractivity contribution < 1.29 is 18.9 Å². The number of aryl methyl sites for hydroxylation is 1. The molecule has 0 heterocycles. The number of nitrogens with one attached hydrogen (secondary N) is 1. The third-order valence-electron chi connectivity index (χ3n) is 2.85. The maximum atomic E-state index is 13.9. The van der Waals surface area contributed by atoms with Gasteiger partial charge in [-0.25, -0.2) is 4.39 Å². The fraction of sp³-hybridized carbons (Fsp3) is 0.385. The zero-order valence-electron chi connectivity index (χ0n) is 12.1. The zero-order valence-corrected chi connectivity index (χ0v) is 12.1. The molecule has 1 unspecified atom stereocenters. The minimum Gasteiger partial charge on any atom is -0.347 e. The Labute approximate surface area is 120 Å². The molecule has 0 spiro atoms. The first-order chi connectivity index (χ1) is 9.65. The number of likely N-dealkylation sites (N-methyl/N-ethyl adjacent to an activating group) is 1. The lowest BCUT2D eigenvalue weighted by atomic mass is 10.1. The highest BCUT2D eigenvalue weighted by Gasteiger charge is 2.23. The summed E-state index contributed by atoms with van der Waals surface area (Å²) in [6, 6.07) is 1.02. The normalized spacial score (nSPS) is 11.7. The number of nitro groups is 1. The van der Waals surface area contributed by atoms with E-state index < -0.39 is 28.3 Å². The molecule has 1 aromatic carbocycles. The van der Waals surface area contributed by atoms with Crippen molar-refractivity contribution >= 4 is 17.5 Å². The van der Waals surface area contributed by atoms with E-state index in [-0.39, 0.29) is 17.2 Å². The molecule has 0 fully saturated rings. The van der Waals surface area contributed by atoms with Gasteiger partial charge in [0.2, 0.25) is 5.91 Å². The first-order valence-electron chi connectivity index (χ1n) is 6.11. The summed E-state index contributed by atoms with van der Waals surface area (Å²) in [5, 5.41) is 13.1. The number of hydrogen-bond donors (Lipinski definition) is 1. The monoisotopic (exact) mass is 297 g/mol. The van der Waals surface area contributed by atoms with Crippen LogP contribution >= 0.6 is 0 Å². The first-order valence-corrected chi connectivity index (χ1v) is 6.11. The van der Waals surface area contributed by atoms with Crippen LogP contribution in [0.2, 0.25) is 0 Å². The van der Waals surface area contributed by atoms with Gasteiger partial charge < -0.3 is 10.2 Å². The Balaban J connectivity index is 3.07. The lowest BCUT2D eigenvalue weighted by molar-refractivity contribution is -0.385. The third kappa shape index (κ3) is 3.74. The van der Waals surface area contributed by atoms with Crippen LogP contribution in [-0.4, -0.2) is 41.8 Å². The summed E-state index contributed by atoms with van der Waals surface area (Å²) in [5.74, 6) is -2.09. The number of carbonyl (C=O) groups excluding carboxylic acids is 2. The van der Waals surface area contributed by atoms with Crippen molar-refractivity contribution in [3.8, 4) is 0 Å². The predicted octanol–water partition coefficient (Wildman–Crippen LogP) is 1.25. The highest BCUT2D eigenvalue weighted by atomic mass is 19.1. The van der Waals surface area contributed by atoms with Crippen LogP contribution in [0, 0.1) is 22.9 Å². The van der Waals surface area contributed by atoms with Crippen molar-refractivity contribution in [3.05, 3.63) is 39.2 Å². The van der Waals surface area contributed by atoms with E-state index in [1.807, 2.05) is 0 Å². The molecular weight excluding hydrogens is 281 g/mol. The molecule has 1 N–H and O–H groups in total. The fourth-order valence-corrected chi connectivity index (χ4v) is 1.74. The fourth-order valence-electron chi connectivity index (χ4n) is 1.74. The Bertz CT molecular complexity index is 601. The summed E-state index contributed by atoms with van der Waals surface area (Å²) in [5.41, 5.74) is -0.855. The summed E-state index contributed by atoms with van der Waals surface area (Å²) in [6.07, 6.45) is 0. The van der Waals surface area contributed by atoms with Crippen LogP contribution in [0.5, 0.6) is 0 Å². The van der Waals surface area contributed by atoms with Gasteiger partial charge in [-0.2, -0.15) is 0 Å². The molecule has 0 aromatic heterocycles. The van der Waals surface area contributed by atoms with E-state index in [4.69, 9.17) is 0 Å². The molecule has 2 amide bonds.